The Bertz CT molecular complexity index is 371. The summed E-state index contributed by atoms with van der Waals surface area (Å²) in [7, 11) is 1.58. The number of nitrogens with zero attached hydrogens (tertiary/aromatic N) is 1. The topological polar surface area (TPSA) is 49.8 Å². The second-order valence-electron chi connectivity index (χ2n) is 3.52. The van der Waals surface area contributed by atoms with Crippen LogP contribution in [0.3, 0.4) is 0 Å². The standard InChI is InChI=1S/C12H16BrNO3/c1-17-8-6-14(5-7-15)12(16)10-3-2-4-11(13)9-10/h2-4,9,15H,5-8H2,1H3. The highest BCUT2D eigenvalue weighted by Crippen LogP contribution is 2.13. The zero-order valence-electron chi connectivity index (χ0n) is 9.73. The molecule has 0 spiro atoms. The molecule has 0 saturated carbocycles. The van der Waals surface area contributed by atoms with Crippen LogP contribution in [0.5, 0.6) is 0 Å². The van der Waals surface area contributed by atoms with Crippen LogP contribution < -0.4 is 0 Å². The van der Waals surface area contributed by atoms with E-state index in [4.69, 9.17) is 9.84 Å². The summed E-state index contributed by atoms with van der Waals surface area (Å²) in [6, 6.07) is 7.19. The zero-order chi connectivity index (χ0) is 12.7. The largest absolute Gasteiger partial charge is 0.395 e. The van der Waals surface area contributed by atoms with Crippen molar-refractivity contribution in [1.29, 1.82) is 0 Å². The molecule has 0 bridgehead atoms. The molecule has 0 atom stereocenters. The lowest BCUT2D eigenvalue weighted by Gasteiger charge is -2.21. The molecule has 0 aromatic heterocycles. The van der Waals surface area contributed by atoms with E-state index in [9.17, 15) is 4.79 Å². The second-order valence-corrected chi connectivity index (χ2v) is 4.43. The lowest BCUT2D eigenvalue weighted by Crippen LogP contribution is -2.36. The van der Waals surface area contributed by atoms with E-state index in [0.717, 1.165) is 4.47 Å². The van der Waals surface area contributed by atoms with Gasteiger partial charge in [0.25, 0.3) is 5.91 Å². The first-order valence-electron chi connectivity index (χ1n) is 5.33. The van der Waals surface area contributed by atoms with Gasteiger partial charge in [0.2, 0.25) is 0 Å². The van der Waals surface area contributed by atoms with Crippen molar-refractivity contribution in [3.63, 3.8) is 0 Å². The summed E-state index contributed by atoms with van der Waals surface area (Å²) in [6.45, 7) is 1.19. The fraction of sp³-hybridized carbons (Fsp3) is 0.417. The van der Waals surface area contributed by atoms with Gasteiger partial charge in [-0.1, -0.05) is 22.0 Å². The van der Waals surface area contributed by atoms with Crippen molar-refractivity contribution in [3.05, 3.63) is 34.3 Å². The van der Waals surface area contributed by atoms with E-state index in [1.165, 1.54) is 0 Å². The van der Waals surface area contributed by atoms with Gasteiger partial charge in [-0.25, -0.2) is 0 Å². The van der Waals surface area contributed by atoms with E-state index in [-0.39, 0.29) is 12.5 Å². The molecule has 4 nitrogen and oxygen atoms in total. The number of methoxy groups -OCH3 is 1. The van der Waals surface area contributed by atoms with Crippen LogP contribution in [-0.2, 0) is 4.74 Å². The van der Waals surface area contributed by atoms with E-state index in [1.807, 2.05) is 12.1 Å². The number of amides is 1. The summed E-state index contributed by atoms with van der Waals surface area (Å²) in [6.07, 6.45) is 0. The number of rotatable bonds is 6. The van der Waals surface area contributed by atoms with Crippen LogP contribution in [0.4, 0.5) is 0 Å². The molecule has 0 fully saturated rings. The number of hydrogen-bond acceptors (Lipinski definition) is 3. The fourth-order valence-corrected chi connectivity index (χ4v) is 1.84. The summed E-state index contributed by atoms with van der Waals surface area (Å²) in [4.78, 5) is 13.7. The number of ether oxygens (including phenoxy) is 1. The number of aliphatic hydroxyl groups is 1. The zero-order valence-corrected chi connectivity index (χ0v) is 11.3. The quantitative estimate of drug-likeness (QED) is 0.867. The van der Waals surface area contributed by atoms with Crippen LogP contribution in [0, 0.1) is 0 Å². The van der Waals surface area contributed by atoms with Gasteiger partial charge in [0.05, 0.1) is 13.2 Å². The minimum Gasteiger partial charge on any atom is -0.395 e. The van der Waals surface area contributed by atoms with Gasteiger partial charge in [-0.15, -0.1) is 0 Å². The maximum atomic E-state index is 12.1. The normalized spacial score (nSPS) is 10.3. The number of carbonyl (C=O) groups excluding carboxylic acids is 1. The van der Waals surface area contributed by atoms with Gasteiger partial charge in [0.1, 0.15) is 0 Å². The Morgan fingerprint density at radius 3 is 2.82 bits per heavy atom. The van der Waals surface area contributed by atoms with Gasteiger partial charge in [0.15, 0.2) is 0 Å². The maximum absolute atomic E-state index is 12.1. The highest BCUT2D eigenvalue weighted by atomic mass is 79.9. The lowest BCUT2D eigenvalue weighted by atomic mass is 10.2. The highest BCUT2D eigenvalue weighted by molar-refractivity contribution is 9.10. The predicted octanol–water partition coefficient (Wildman–Crippen LogP) is 1.53. The fourth-order valence-electron chi connectivity index (χ4n) is 1.44. The van der Waals surface area contributed by atoms with Crippen LogP contribution in [0.2, 0.25) is 0 Å². The second kappa shape index (κ2) is 7.42. The third-order valence-electron chi connectivity index (χ3n) is 2.29. The average Bonchev–Trinajstić information content (AvgIpc) is 2.33. The van der Waals surface area contributed by atoms with Gasteiger partial charge in [-0.3, -0.25) is 4.79 Å². The number of halogens is 1. The van der Waals surface area contributed by atoms with Crippen LogP contribution in [0.25, 0.3) is 0 Å². The molecule has 17 heavy (non-hydrogen) atoms. The molecule has 5 heteroatoms. The van der Waals surface area contributed by atoms with Gasteiger partial charge in [0, 0.05) is 30.2 Å². The molecule has 0 aliphatic heterocycles. The first-order chi connectivity index (χ1) is 8.19. The van der Waals surface area contributed by atoms with E-state index in [2.05, 4.69) is 15.9 Å². The molecular formula is C12H16BrNO3. The van der Waals surface area contributed by atoms with Crippen molar-refractivity contribution in [2.75, 3.05) is 33.4 Å². The average molecular weight is 302 g/mol. The summed E-state index contributed by atoms with van der Waals surface area (Å²) in [5, 5.41) is 8.94. The van der Waals surface area contributed by atoms with Crippen molar-refractivity contribution in [2.24, 2.45) is 0 Å². The van der Waals surface area contributed by atoms with E-state index >= 15 is 0 Å². The van der Waals surface area contributed by atoms with E-state index < -0.39 is 0 Å². The highest BCUT2D eigenvalue weighted by Gasteiger charge is 2.14. The molecule has 0 aliphatic carbocycles. The molecular weight excluding hydrogens is 286 g/mol. The van der Waals surface area contributed by atoms with Crippen LogP contribution >= 0.6 is 15.9 Å². The first kappa shape index (κ1) is 14.2. The Morgan fingerprint density at radius 2 is 2.24 bits per heavy atom. The summed E-state index contributed by atoms with van der Waals surface area (Å²) >= 11 is 3.33. The van der Waals surface area contributed by atoms with Crippen molar-refractivity contribution < 1.29 is 14.6 Å². The Morgan fingerprint density at radius 1 is 1.47 bits per heavy atom. The van der Waals surface area contributed by atoms with Crippen molar-refractivity contribution in [1.82, 2.24) is 4.90 Å². The molecule has 1 amide bonds. The molecule has 0 unspecified atom stereocenters. The third kappa shape index (κ3) is 4.46. The Balaban J connectivity index is 2.76. The lowest BCUT2D eigenvalue weighted by molar-refractivity contribution is 0.0656. The molecule has 1 rings (SSSR count). The molecule has 1 aromatic carbocycles. The minimum absolute atomic E-state index is 0.0521. The Hall–Kier alpha value is -0.910. The molecule has 0 radical (unpaired) electrons. The van der Waals surface area contributed by atoms with Crippen molar-refractivity contribution in [3.8, 4) is 0 Å². The van der Waals surface area contributed by atoms with Crippen LogP contribution in [-0.4, -0.2) is 49.3 Å². The molecule has 0 saturated heterocycles. The number of aliphatic hydroxyl groups excluding tert-OH is 1. The third-order valence-corrected chi connectivity index (χ3v) is 2.79. The SMILES string of the molecule is COCCN(CCO)C(=O)c1cccc(Br)c1. The molecule has 0 heterocycles. The Labute approximate surface area is 109 Å². The van der Waals surface area contributed by atoms with Gasteiger partial charge >= 0.3 is 0 Å². The minimum atomic E-state index is -0.0996. The van der Waals surface area contributed by atoms with Crippen molar-refractivity contribution >= 4 is 21.8 Å². The Kier molecular flexibility index (Phi) is 6.18. The summed E-state index contributed by atoms with van der Waals surface area (Å²) < 4.78 is 5.80. The molecule has 1 aromatic rings. The number of benzene rings is 1. The predicted molar refractivity (Wildman–Crippen MR) is 69.0 cm³/mol. The summed E-state index contributed by atoms with van der Waals surface area (Å²) in [5.41, 5.74) is 0.601. The smallest absolute Gasteiger partial charge is 0.254 e. The van der Waals surface area contributed by atoms with E-state index in [0.29, 0.717) is 25.3 Å². The number of hydrogen-bond donors (Lipinski definition) is 1. The maximum Gasteiger partial charge on any atom is 0.254 e. The first-order valence-corrected chi connectivity index (χ1v) is 6.13. The number of carbonyl (C=O) groups is 1. The van der Waals surface area contributed by atoms with Crippen LogP contribution in [0.1, 0.15) is 10.4 Å². The van der Waals surface area contributed by atoms with Gasteiger partial charge in [-0.05, 0) is 18.2 Å². The molecule has 94 valence electrons. The van der Waals surface area contributed by atoms with Crippen molar-refractivity contribution in [2.45, 2.75) is 0 Å². The molecule has 0 aliphatic rings. The monoisotopic (exact) mass is 301 g/mol. The van der Waals surface area contributed by atoms with Gasteiger partial charge < -0.3 is 14.7 Å². The van der Waals surface area contributed by atoms with Crippen LogP contribution in [0.15, 0.2) is 28.7 Å². The molecule has 1 N–H and O–H groups in total. The van der Waals surface area contributed by atoms with E-state index in [1.54, 1.807) is 24.1 Å². The van der Waals surface area contributed by atoms with Gasteiger partial charge in [-0.2, -0.15) is 0 Å². The summed E-state index contributed by atoms with van der Waals surface area (Å²) in [5.74, 6) is -0.0996.